The Balaban J connectivity index is 1.94. The molecule has 0 aliphatic rings. The SMILES string of the molecule is CCOc1ncccc1-c1nc2c(C)nn(C(C)C)c2cc1Cc1cncc(OC)c1. The zero-order valence-electron chi connectivity index (χ0n) is 18.6. The van der Waals surface area contributed by atoms with Gasteiger partial charge in [0.1, 0.15) is 11.3 Å². The number of rotatable bonds is 7. The molecule has 0 saturated carbocycles. The first kappa shape index (κ1) is 20.8. The minimum Gasteiger partial charge on any atom is -0.495 e. The normalized spacial score (nSPS) is 11.3. The molecule has 0 aromatic carbocycles. The summed E-state index contributed by atoms with van der Waals surface area (Å²) in [5, 5.41) is 4.73. The molecule has 160 valence electrons. The van der Waals surface area contributed by atoms with Crippen LogP contribution in [0.1, 0.15) is 43.6 Å². The van der Waals surface area contributed by atoms with Crippen molar-refractivity contribution in [3.05, 3.63) is 59.7 Å². The van der Waals surface area contributed by atoms with E-state index >= 15 is 0 Å². The number of hydrogen-bond acceptors (Lipinski definition) is 6. The zero-order valence-corrected chi connectivity index (χ0v) is 18.6. The summed E-state index contributed by atoms with van der Waals surface area (Å²) in [6, 6.07) is 8.32. The van der Waals surface area contributed by atoms with Crippen LogP contribution in [0, 0.1) is 6.92 Å². The largest absolute Gasteiger partial charge is 0.495 e. The molecule has 0 aliphatic carbocycles. The van der Waals surface area contributed by atoms with Crippen molar-refractivity contribution in [2.45, 2.75) is 40.2 Å². The van der Waals surface area contributed by atoms with Gasteiger partial charge in [-0.05, 0) is 63.1 Å². The number of aromatic nitrogens is 5. The van der Waals surface area contributed by atoms with Gasteiger partial charge in [-0.1, -0.05) is 0 Å². The van der Waals surface area contributed by atoms with Gasteiger partial charge in [0.25, 0.3) is 0 Å². The van der Waals surface area contributed by atoms with Crippen LogP contribution < -0.4 is 9.47 Å². The van der Waals surface area contributed by atoms with Crippen molar-refractivity contribution in [2.75, 3.05) is 13.7 Å². The van der Waals surface area contributed by atoms with Crippen molar-refractivity contribution in [3.63, 3.8) is 0 Å². The van der Waals surface area contributed by atoms with Crippen molar-refractivity contribution >= 4 is 11.0 Å². The molecule has 7 nitrogen and oxygen atoms in total. The average Bonchev–Trinajstić information content (AvgIpc) is 3.10. The first-order valence-electron chi connectivity index (χ1n) is 10.5. The predicted molar refractivity (Wildman–Crippen MR) is 121 cm³/mol. The summed E-state index contributed by atoms with van der Waals surface area (Å²) in [5.74, 6) is 1.31. The average molecular weight is 418 g/mol. The highest BCUT2D eigenvalue weighted by atomic mass is 16.5. The van der Waals surface area contributed by atoms with Crippen LogP contribution in [0.4, 0.5) is 0 Å². The number of hydrogen-bond donors (Lipinski definition) is 0. The summed E-state index contributed by atoms with van der Waals surface area (Å²) in [6.07, 6.45) is 5.94. The van der Waals surface area contributed by atoms with E-state index in [1.165, 1.54) is 0 Å². The van der Waals surface area contributed by atoms with E-state index in [1.54, 1.807) is 19.5 Å². The predicted octanol–water partition coefficient (Wildman–Crippen LogP) is 4.78. The summed E-state index contributed by atoms with van der Waals surface area (Å²) in [5.41, 5.74) is 6.62. The van der Waals surface area contributed by atoms with Gasteiger partial charge in [-0.25, -0.2) is 9.97 Å². The summed E-state index contributed by atoms with van der Waals surface area (Å²) < 4.78 is 13.2. The molecule has 0 unspecified atom stereocenters. The standard InChI is InChI=1S/C24H27N5O2/c1-6-31-24-20(8-7-9-26-24)23-18(10-17-11-19(30-5)14-25-13-17)12-21-22(27-23)16(4)28-29(21)15(2)3/h7-9,11-15H,6,10H2,1-5H3. The van der Waals surface area contributed by atoms with E-state index in [0.29, 0.717) is 18.9 Å². The quantitative estimate of drug-likeness (QED) is 0.431. The third-order valence-corrected chi connectivity index (χ3v) is 5.13. The van der Waals surface area contributed by atoms with Crippen molar-refractivity contribution in [1.29, 1.82) is 0 Å². The maximum atomic E-state index is 5.81. The van der Waals surface area contributed by atoms with E-state index in [4.69, 9.17) is 19.6 Å². The summed E-state index contributed by atoms with van der Waals surface area (Å²) in [6.45, 7) is 8.73. The Kier molecular flexibility index (Phi) is 5.84. The van der Waals surface area contributed by atoms with Gasteiger partial charge in [-0.15, -0.1) is 0 Å². The Morgan fingerprint density at radius 3 is 2.74 bits per heavy atom. The van der Waals surface area contributed by atoms with Crippen molar-refractivity contribution < 1.29 is 9.47 Å². The van der Waals surface area contributed by atoms with Gasteiger partial charge >= 0.3 is 0 Å². The Labute approximate surface area is 182 Å². The Morgan fingerprint density at radius 2 is 2.00 bits per heavy atom. The van der Waals surface area contributed by atoms with Crippen LogP contribution >= 0.6 is 0 Å². The second-order valence-electron chi connectivity index (χ2n) is 7.69. The lowest BCUT2D eigenvalue weighted by Gasteiger charge is -2.14. The van der Waals surface area contributed by atoms with Crippen LogP contribution in [-0.4, -0.2) is 38.4 Å². The molecular weight excluding hydrogens is 390 g/mol. The number of aryl methyl sites for hydroxylation is 1. The molecule has 7 heteroatoms. The highest BCUT2D eigenvalue weighted by Gasteiger charge is 2.19. The summed E-state index contributed by atoms with van der Waals surface area (Å²) >= 11 is 0. The minimum atomic E-state index is 0.229. The van der Waals surface area contributed by atoms with Gasteiger partial charge < -0.3 is 9.47 Å². The third kappa shape index (κ3) is 4.08. The van der Waals surface area contributed by atoms with Gasteiger partial charge in [0.15, 0.2) is 0 Å². The van der Waals surface area contributed by atoms with E-state index in [2.05, 4.69) is 29.9 Å². The second-order valence-corrected chi connectivity index (χ2v) is 7.69. The van der Waals surface area contributed by atoms with Crippen LogP contribution in [0.5, 0.6) is 11.6 Å². The molecule has 0 amide bonds. The molecule has 4 aromatic heterocycles. The Bertz CT molecular complexity index is 1220. The first-order valence-corrected chi connectivity index (χ1v) is 10.5. The molecule has 0 fully saturated rings. The summed E-state index contributed by atoms with van der Waals surface area (Å²) in [7, 11) is 1.65. The van der Waals surface area contributed by atoms with Gasteiger partial charge in [-0.3, -0.25) is 9.67 Å². The lowest BCUT2D eigenvalue weighted by molar-refractivity contribution is 0.328. The molecule has 0 N–H and O–H groups in total. The fourth-order valence-corrected chi connectivity index (χ4v) is 3.72. The number of fused-ring (bicyclic) bond motifs is 1. The van der Waals surface area contributed by atoms with Crippen molar-refractivity contribution in [3.8, 4) is 22.9 Å². The van der Waals surface area contributed by atoms with E-state index < -0.39 is 0 Å². The van der Waals surface area contributed by atoms with Crippen LogP contribution in [0.15, 0.2) is 42.9 Å². The van der Waals surface area contributed by atoms with Crippen molar-refractivity contribution in [2.24, 2.45) is 0 Å². The minimum absolute atomic E-state index is 0.229. The molecule has 0 saturated heterocycles. The van der Waals surface area contributed by atoms with Gasteiger partial charge in [0, 0.05) is 24.9 Å². The fourth-order valence-electron chi connectivity index (χ4n) is 3.72. The van der Waals surface area contributed by atoms with E-state index in [9.17, 15) is 0 Å². The molecule has 0 aliphatic heterocycles. The molecule has 0 spiro atoms. The Morgan fingerprint density at radius 1 is 1.16 bits per heavy atom. The monoisotopic (exact) mass is 417 g/mol. The molecule has 4 heterocycles. The maximum Gasteiger partial charge on any atom is 0.222 e. The van der Waals surface area contributed by atoms with Crippen LogP contribution in [0.25, 0.3) is 22.3 Å². The van der Waals surface area contributed by atoms with E-state index in [1.807, 2.05) is 42.9 Å². The lowest BCUT2D eigenvalue weighted by atomic mass is 9.99. The maximum absolute atomic E-state index is 5.81. The Hall–Kier alpha value is -3.48. The topological polar surface area (TPSA) is 75.0 Å². The highest BCUT2D eigenvalue weighted by molar-refractivity contribution is 5.84. The third-order valence-electron chi connectivity index (χ3n) is 5.13. The van der Waals surface area contributed by atoms with Gasteiger partial charge in [-0.2, -0.15) is 5.10 Å². The smallest absolute Gasteiger partial charge is 0.222 e. The second kappa shape index (κ2) is 8.71. The lowest BCUT2D eigenvalue weighted by Crippen LogP contribution is -2.05. The molecule has 4 aromatic rings. The number of nitrogens with zero attached hydrogens (tertiary/aromatic N) is 5. The molecule has 0 bridgehead atoms. The molecule has 4 rings (SSSR count). The number of methoxy groups -OCH3 is 1. The summed E-state index contributed by atoms with van der Waals surface area (Å²) in [4.78, 5) is 13.8. The number of ether oxygens (including phenoxy) is 2. The molecule has 0 radical (unpaired) electrons. The van der Waals surface area contributed by atoms with Crippen LogP contribution in [0.3, 0.4) is 0 Å². The fraction of sp³-hybridized carbons (Fsp3) is 0.333. The van der Waals surface area contributed by atoms with E-state index in [0.717, 1.165) is 44.9 Å². The zero-order chi connectivity index (χ0) is 22.0. The molecular formula is C24H27N5O2. The first-order chi connectivity index (χ1) is 15.0. The highest BCUT2D eigenvalue weighted by Crippen LogP contribution is 2.34. The van der Waals surface area contributed by atoms with E-state index in [-0.39, 0.29) is 6.04 Å². The number of pyridine rings is 3. The van der Waals surface area contributed by atoms with Gasteiger partial charge in [0.2, 0.25) is 5.88 Å². The molecule has 0 atom stereocenters. The van der Waals surface area contributed by atoms with Gasteiger partial charge in [0.05, 0.1) is 42.4 Å². The van der Waals surface area contributed by atoms with Crippen LogP contribution in [-0.2, 0) is 6.42 Å². The molecule has 31 heavy (non-hydrogen) atoms. The van der Waals surface area contributed by atoms with Crippen molar-refractivity contribution in [1.82, 2.24) is 24.7 Å². The van der Waals surface area contributed by atoms with Crippen LogP contribution in [0.2, 0.25) is 0 Å².